The van der Waals surface area contributed by atoms with E-state index in [0.717, 1.165) is 11.1 Å². The summed E-state index contributed by atoms with van der Waals surface area (Å²) in [5, 5.41) is 15.3. The fourth-order valence-corrected chi connectivity index (χ4v) is 3.85. The first-order chi connectivity index (χ1) is 15.0. The lowest BCUT2D eigenvalue weighted by Crippen LogP contribution is -2.43. The number of nitrogens with one attached hydrogen (secondary N) is 1. The molecule has 1 heterocycles. The van der Waals surface area contributed by atoms with E-state index in [9.17, 15) is 14.7 Å². The van der Waals surface area contributed by atoms with Crippen molar-refractivity contribution < 1.29 is 14.7 Å². The maximum Gasteiger partial charge on any atom is 0.326 e. The molecular weight excluding hydrogens is 434 g/mol. The van der Waals surface area contributed by atoms with Crippen LogP contribution in [-0.4, -0.2) is 32.6 Å². The van der Waals surface area contributed by atoms with Gasteiger partial charge in [-0.2, -0.15) is 0 Å². The molecule has 1 aromatic heterocycles. The predicted octanol–water partition coefficient (Wildman–Crippen LogP) is 4.64. The van der Waals surface area contributed by atoms with Crippen LogP contribution in [0.15, 0.2) is 77.4 Å². The van der Waals surface area contributed by atoms with Crippen molar-refractivity contribution in [2.24, 2.45) is 0 Å². The maximum absolute atomic E-state index is 13.0. The number of aromatic nitrogens is 2. The van der Waals surface area contributed by atoms with Crippen LogP contribution in [0.4, 0.5) is 0 Å². The highest BCUT2D eigenvalue weighted by Crippen LogP contribution is 2.24. The standard InChI is InChI=1S/C23H22ClN3O3S/c1-2-12-31-23-25-14-20(27(23)15-17-10-6-7-11-18(17)24)21(28)26-19(22(29)30)13-16-8-4-3-5-9-16/h2-12,14,19H,13,15H2,1H3,(H,26,28)(H,29,30)/t19-/m0/s1. The van der Waals surface area contributed by atoms with Crippen LogP contribution in [0.3, 0.4) is 0 Å². The lowest BCUT2D eigenvalue weighted by molar-refractivity contribution is -0.139. The normalized spacial score (nSPS) is 12.1. The van der Waals surface area contributed by atoms with Gasteiger partial charge < -0.3 is 15.0 Å². The Bertz CT molecular complexity index is 1080. The van der Waals surface area contributed by atoms with Gasteiger partial charge in [-0.1, -0.05) is 78.0 Å². The zero-order valence-electron chi connectivity index (χ0n) is 16.9. The second-order valence-corrected chi connectivity index (χ2v) is 8.03. The molecule has 1 amide bonds. The molecule has 0 saturated heterocycles. The van der Waals surface area contributed by atoms with Gasteiger partial charge in [-0.25, -0.2) is 9.78 Å². The van der Waals surface area contributed by atoms with Crippen LogP contribution in [0.25, 0.3) is 0 Å². The summed E-state index contributed by atoms with van der Waals surface area (Å²) >= 11 is 7.68. The number of carbonyl (C=O) groups excluding carboxylic acids is 1. The largest absolute Gasteiger partial charge is 0.480 e. The Labute approximate surface area is 190 Å². The quantitative estimate of drug-likeness (QED) is 0.459. The van der Waals surface area contributed by atoms with Crippen molar-refractivity contribution in [3.05, 3.63) is 94.1 Å². The van der Waals surface area contributed by atoms with Gasteiger partial charge in [0.15, 0.2) is 5.16 Å². The number of carboxylic acid groups (broad SMARTS) is 1. The van der Waals surface area contributed by atoms with Gasteiger partial charge in [-0.3, -0.25) is 4.79 Å². The summed E-state index contributed by atoms with van der Waals surface area (Å²) in [6, 6.07) is 15.5. The average molecular weight is 456 g/mol. The summed E-state index contributed by atoms with van der Waals surface area (Å²) in [7, 11) is 0. The highest BCUT2D eigenvalue weighted by Gasteiger charge is 2.24. The zero-order chi connectivity index (χ0) is 22.2. The smallest absolute Gasteiger partial charge is 0.326 e. The Balaban J connectivity index is 1.87. The molecule has 2 aromatic carbocycles. The van der Waals surface area contributed by atoms with Crippen LogP contribution in [-0.2, 0) is 17.8 Å². The summed E-state index contributed by atoms with van der Waals surface area (Å²) in [5.41, 5.74) is 1.92. The first-order valence-electron chi connectivity index (χ1n) is 9.64. The van der Waals surface area contributed by atoms with Gasteiger partial charge in [-0.15, -0.1) is 0 Å². The number of carbonyl (C=O) groups is 2. The second kappa shape index (κ2) is 10.8. The summed E-state index contributed by atoms with van der Waals surface area (Å²) in [4.78, 5) is 29.2. The molecule has 2 N–H and O–H groups in total. The SMILES string of the molecule is CC=CSc1ncc(C(=O)N[C@@H](Cc2ccccc2)C(=O)O)n1Cc1ccccc1Cl. The maximum atomic E-state index is 13.0. The Kier molecular flexibility index (Phi) is 7.92. The molecule has 0 saturated carbocycles. The minimum atomic E-state index is -1.10. The first kappa shape index (κ1) is 22.7. The molecule has 3 rings (SSSR count). The summed E-state index contributed by atoms with van der Waals surface area (Å²) < 4.78 is 1.74. The molecule has 6 nitrogen and oxygen atoms in total. The second-order valence-electron chi connectivity index (χ2n) is 6.74. The third kappa shape index (κ3) is 5.99. The van der Waals surface area contributed by atoms with Crippen LogP contribution in [0.2, 0.25) is 5.02 Å². The van der Waals surface area contributed by atoms with E-state index in [0.29, 0.717) is 16.7 Å². The van der Waals surface area contributed by atoms with Crippen LogP contribution in [0, 0.1) is 0 Å². The van der Waals surface area contributed by atoms with Gasteiger partial charge in [0, 0.05) is 11.4 Å². The third-order valence-electron chi connectivity index (χ3n) is 4.53. The number of carboxylic acids is 1. The number of aliphatic carboxylic acids is 1. The van der Waals surface area contributed by atoms with E-state index in [1.807, 2.05) is 66.9 Å². The van der Waals surface area contributed by atoms with Crippen molar-refractivity contribution in [1.82, 2.24) is 14.9 Å². The van der Waals surface area contributed by atoms with Crippen molar-refractivity contribution >= 4 is 35.2 Å². The van der Waals surface area contributed by atoms with E-state index in [1.54, 1.807) is 10.6 Å². The lowest BCUT2D eigenvalue weighted by Gasteiger charge is -2.16. The summed E-state index contributed by atoms with van der Waals surface area (Å²) in [5.74, 6) is -1.60. The number of hydrogen-bond donors (Lipinski definition) is 2. The van der Waals surface area contributed by atoms with Crippen LogP contribution < -0.4 is 5.32 Å². The van der Waals surface area contributed by atoms with Gasteiger partial charge in [0.25, 0.3) is 5.91 Å². The molecule has 0 fully saturated rings. The molecule has 0 unspecified atom stereocenters. The topological polar surface area (TPSA) is 84.2 Å². The lowest BCUT2D eigenvalue weighted by atomic mass is 10.1. The molecule has 0 spiro atoms. The number of halogens is 1. The van der Waals surface area contributed by atoms with Crippen molar-refractivity contribution in [2.75, 3.05) is 0 Å². The van der Waals surface area contributed by atoms with Gasteiger partial charge in [0.05, 0.1) is 12.7 Å². The van der Waals surface area contributed by atoms with Gasteiger partial charge in [0.1, 0.15) is 11.7 Å². The fraction of sp³-hybridized carbons (Fsp3) is 0.174. The van der Waals surface area contributed by atoms with E-state index in [4.69, 9.17) is 11.6 Å². The monoisotopic (exact) mass is 455 g/mol. The van der Waals surface area contributed by atoms with Crippen molar-refractivity contribution in [1.29, 1.82) is 0 Å². The van der Waals surface area contributed by atoms with Gasteiger partial charge in [-0.05, 0) is 29.5 Å². The molecule has 0 aliphatic heterocycles. The summed E-state index contributed by atoms with van der Waals surface area (Å²) in [6.07, 6.45) is 3.51. The Morgan fingerprint density at radius 1 is 1.19 bits per heavy atom. The first-order valence-corrected chi connectivity index (χ1v) is 10.9. The molecule has 0 aliphatic rings. The molecule has 31 heavy (non-hydrogen) atoms. The Hall–Kier alpha value is -3.03. The Morgan fingerprint density at radius 3 is 2.58 bits per heavy atom. The zero-order valence-corrected chi connectivity index (χ0v) is 18.4. The average Bonchev–Trinajstić information content (AvgIpc) is 3.16. The molecular formula is C23H22ClN3O3S. The predicted molar refractivity (Wildman–Crippen MR) is 122 cm³/mol. The number of allylic oxidation sites excluding steroid dienone is 1. The van der Waals surface area contributed by atoms with Crippen LogP contribution in [0.1, 0.15) is 28.5 Å². The van der Waals surface area contributed by atoms with Gasteiger partial charge >= 0.3 is 5.97 Å². The number of rotatable bonds is 9. The minimum Gasteiger partial charge on any atom is -0.480 e. The molecule has 0 radical (unpaired) electrons. The van der Waals surface area contributed by atoms with E-state index >= 15 is 0 Å². The van der Waals surface area contributed by atoms with E-state index in [2.05, 4.69) is 10.3 Å². The van der Waals surface area contributed by atoms with Crippen LogP contribution in [0.5, 0.6) is 0 Å². The van der Waals surface area contributed by atoms with Crippen molar-refractivity contribution in [2.45, 2.75) is 31.1 Å². The van der Waals surface area contributed by atoms with Crippen molar-refractivity contribution in [3.8, 4) is 0 Å². The number of benzene rings is 2. The van der Waals surface area contributed by atoms with Crippen molar-refractivity contribution in [3.63, 3.8) is 0 Å². The molecule has 3 aromatic rings. The highest BCUT2D eigenvalue weighted by molar-refractivity contribution is 8.02. The molecule has 0 aliphatic carbocycles. The number of amides is 1. The number of nitrogens with zero attached hydrogens (tertiary/aromatic N) is 2. The molecule has 8 heteroatoms. The number of imidazole rings is 1. The van der Waals surface area contributed by atoms with Gasteiger partial charge in [0.2, 0.25) is 0 Å². The fourth-order valence-electron chi connectivity index (χ4n) is 2.99. The van der Waals surface area contributed by atoms with E-state index < -0.39 is 17.9 Å². The number of hydrogen-bond acceptors (Lipinski definition) is 4. The number of thioether (sulfide) groups is 1. The summed E-state index contributed by atoms with van der Waals surface area (Å²) in [6.45, 7) is 2.22. The van der Waals surface area contributed by atoms with E-state index in [-0.39, 0.29) is 12.1 Å². The Morgan fingerprint density at radius 2 is 1.90 bits per heavy atom. The van der Waals surface area contributed by atoms with E-state index in [1.165, 1.54) is 18.0 Å². The highest BCUT2D eigenvalue weighted by atomic mass is 35.5. The molecule has 0 bridgehead atoms. The minimum absolute atomic E-state index is 0.181. The van der Waals surface area contributed by atoms with Crippen LogP contribution >= 0.6 is 23.4 Å². The molecule has 160 valence electrons. The third-order valence-corrected chi connectivity index (χ3v) is 5.85. The molecule has 1 atom stereocenters.